The normalized spacial score (nSPS) is 11.0. The zero-order valence-corrected chi connectivity index (χ0v) is 18.0. The van der Waals surface area contributed by atoms with Crippen LogP contribution in [-0.2, 0) is 6.54 Å². The molecule has 0 aliphatic carbocycles. The van der Waals surface area contributed by atoms with E-state index in [1.54, 1.807) is 28.4 Å². The molecule has 0 spiro atoms. The van der Waals surface area contributed by atoms with Crippen LogP contribution in [0, 0.1) is 0 Å². The lowest BCUT2D eigenvalue weighted by Gasteiger charge is -2.16. The van der Waals surface area contributed by atoms with Crippen LogP contribution in [0.1, 0.15) is 21.7 Å². The summed E-state index contributed by atoms with van der Waals surface area (Å²) in [7, 11) is 6.47. The number of thiophene rings is 1. The molecule has 0 aliphatic heterocycles. The van der Waals surface area contributed by atoms with Gasteiger partial charge in [0.1, 0.15) is 0 Å². The predicted molar refractivity (Wildman–Crippen MR) is 116 cm³/mol. The van der Waals surface area contributed by atoms with Gasteiger partial charge in [-0.15, -0.1) is 11.3 Å². The number of nitrogens with zero attached hydrogens (tertiary/aromatic N) is 1. The third-order valence-electron chi connectivity index (χ3n) is 4.08. The summed E-state index contributed by atoms with van der Waals surface area (Å²) in [6.07, 6.45) is 0.780. The van der Waals surface area contributed by atoms with E-state index in [0.29, 0.717) is 42.8 Å². The van der Waals surface area contributed by atoms with E-state index < -0.39 is 0 Å². The van der Waals surface area contributed by atoms with Crippen LogP contribution in [-0.4, -0.2) is 53.3 Å². The molecule has 1 aromatic heterocycles. The van der Waals surface area contributed by atoms with Crippen LogP contribution in [0.5, 0.6) is 17.2 Å². The number of ether oxygens (including phenoxy) is 3. The zero-order valence-electron chi connectivity index (χ0n) is 17.2. The lowest BCUT2D eigenvalue weighted by Crippen LogP contribution is -2.38. The molecule has 8 nitrogen and oxygen atoms in total. The van der Waals surface area contributed by atoms with Crippen molar-refractivity contribution in [2.75, 3.05) is 41.5 Å². The molecule has 0 unspecified atom stereocenters. The number of aliphatic imine (C=N–C) groups is 1. The van der Waals surface area contributed by atoms with Crippen molar-refractivity contribution >= 4 is 23.2 Å². The van der Waals surface area contributed by atoms with Crippen molar-refractivity contribution in [2.45, 2.75) is 13.0 Å². The van der Waals surface area contributed by atoms with Gasteiger partial charge in [-0.1, -0.05) is 6.07 Å². The van der Waals surface area contributed by atoms with E-state index in [1.165, 1.54) is 11.3 Å². The highest BCUT2D eigenvalue weighted by Gasteiger charge is 2.13. The Kier molecular flexibility index (Phi) is 9.10. The Morgan fingerprint density at radius 1 is 1.03 bits per heavy atom. The number of amides is 1. The van der Waals surface area contributed by atoms with Crippen LogP contribution in [0.25, 0.3) is 0 Å². The number of carbonyl (C=O) groups is 1. The lowest BCUT2D eigenvalue weighted by atomic mass is 10.2. The maximum atomic E-state index is 11.9. The molecule has 0 fully saturated rings. The van der Waals surface area contributed by atoms with Crippen molar-refractivity contribution in [3.05, 3.63) is 40.1 Å². The van der Waals surface area contributed by atoms with Gasteiger partial charge in [0.25, 0.3) is 5.91 Å². The smallest absolute Gasteiger partial charge is 0.261 e. The molecule has 0 saturated heterocycles. The molecule has 0 bridgehead atoms. The lowest BCUT2D eigenvalue weighted by molar-refractivity contribution is 0.0957. The first kappa shape index (κ1) is 22.4. The fraction of sp³-hybridized carbons (Fsp3) is 0.400. The van der Waals surface area contributed by atoms with Crippen LogP contribution in [0.4, 0.5) is 0 Å². The largest absolute Gasteiger partial charge is 0.493 e. The van der Waals surface area contributed by atoms with Crippen molar-refractivity contribution < 1.29 is 19.0 Å². The molecular weight excluding hydrogens is 392 g/mol. The van der Waals surface area contributed by atoms with Gasteiger partial charge in [-0.2, -0.15) is 0 Å². The summed E-state index contributed by atoms with van der Waals surface area (Å²) < 4.78 is 16.1. The quantitative estimate of drug-likeness (QED) is 0.310. The van der Waals surface area contributed by atoms with Gasteiger partial charge < -0.3 is 30.2 Å². The van der Waals surface area contributed by atoms with E-state index in [9.17, 15) is 4.79 Å². The van der Waals surface area contributed by atoms with Crippen LogP contribution in [0.15, 0.2) is 34.6 Å². The van der Waals surface area contributed by atoms with Crippen molar-refractivity contribution in [1.29, 1.82) is 0 Å². The number of guanidine groups is 1. The highest BCUT2D eigenvalue weighted by atomic mass is 32.1. The first-order valence-corrected chi connectivity index (χ1v) is 10.1. The topological polar surface area (TPSA) is 93.2 Å². The van der Waals surface area contributed by atoms with Crippen molar-refractivity contribution in [3.63, 3.8) is 0 Å². The average molecular weight is 421 g/mol. The van der Waals surface area contributed by atoms with Crippen LogP contribution in [0.3, 0.4) is 0 Å². The average Bonchev–Trinajstić information content (AvgIpc) is 3.29. The van der Waals surface area contributed by atoms with Crippen molar-refractivity contribution in [1.82, 2.24) is 16.0 Å². The number of hydrogen-bond donors (Lipinski definition) is 3. The molecule has 1 aromatic carbocycles. The molecule has 158 valence electrons. The van der Waals surface area contributed by atoms with Gasteiger partial charge in [-0.3, -0.25) is 9.79 Å². The second-order valence-corrected chi connectivity index (χ2v) is 6.92. The maximum Gasteiger partial charge on any atom is 0.261 e. The number of nitrogens with one attached hydrogen (secondary N) is 3. The summed E-state index contributed by atoms with van der Waals surface area (Å²) in [5, 5.41) is 11.3. The van der Waals surface area contributed by atoms with E-state index in [2.05, 4.69) is 20.9 Å². The summed E-state index contributed by atoms with van der Waals surface area (Å²) in [5.41, 5.74) is 0.964. The molecule has 0 atom stereocenters. The van der Waals surface area contributed by atoms with Crippen molar-refractivity contribution in [2.24, 2.45) is 4.99 Å². The van der Waals surface area contributed by atoms with Gasteiger partial charge in [0.05, 0.1) is 26.2 Å². The highest BCUT2D eigenvalue weighted by molar-refractivity contribution is 7.12. The molecule has 0 aliphatic rings. The number of benzene rings is 1. The molecule has 1 amide bonds. The molecule has 0 radical (unpaired) electrons. The van der Waals surface area contributed by atoms with Gasteiger partial charge in [-0.05, 0) is 35.6 Å². The van der Waals surface area contributed by atoms with Gasteiger partial charge in [0.2, 0.25) is 5.75 Å². The third-order valence-corrected chi connectivity index (χ3v) is 4.95. The highest BCUT2D eigenvalue weighted by Crippen LogP contribution is 2.38. The van der Waals surface area contributed by atoms with E-state index >= 15 is 0 Å². The summed E-state index contributed by atoms with van der Waals surface area (Å²) in [5.74, 6) is 2.40. The van der Waals surface area contributed by atoms with Crippen LogP contribution >= 0.6 is 11.3 Å². The van der Waals surface area contributed by atoms with E-state index in [0.717, 1.165) is 16.9 Å². The first-order valence-electron chi connectivity index (χ1n) is 9.18. The summed E-state index contributed by atoms with van der Waals surface area (Å²) >= 11 is 1.43. The summed E-state index contributed by atoms with van der Waals surface area (Å²) in [4.78, 5) is 16.8. The molecule has 29 heavy (non-hydrogen) atoms. The molecule has 1 heterocycles. The Morgan fingerprint density at radius 2 is 1.72 bits per heavy atom. The van der Waals surface area contributed by atoms with Gasteiger partial charge in [0.15, 0.2) is 17.5 Å². The van der Waals surface area contributed by atoms with Crippen molar-refractivity contribution in [3.8, 4) is 17.2 Å². The van der Waals surface area contributed by atoms with Gasteiger partial charge in [-0.25, -0.2) is 0 Å². The monoisotopic (exact) mass is 420 g/mol. The Morgan fingerprint density at radius 3 is 2.28 bits per heavy atom. The van der Waals surface area contributed by atoms with Crippen LogP contribution in [0.2, 0.25) is 0 Å². The van der Waals surface area contributed by atoms with E-state index in [-0.39, 0.29) is 5.91 Å². The first-order chi connectivity index (χ1) is 14.1. The van der Waals surface area contributed by atoms with E-state index in [4.69, 9.17) is 14.2 Å². The Hall–Kier alpha value is -2.94. The number of rotatable bonds is 10. The molecule has 9 heteroatoms. The standard InChI is InChI=1S/C20H28N4O4S/c1-21-20(23-9-6-8-22-19(25)17-7-5-10-29-17)24-13-14-11-15(26-2)18(28-4)16(12-14)27-3/h5,7,10-12H,6,8-9,13H2,1-4H3,(H,22,25)(H2,21,23,24). The fourth-order valence-electron chi connectivity index (χ4n) is 2.64. The fourth-order valence-corrected chi connectivity index (χ4v) is 3.28. The number of carbonyl (C=O) groups excluding carboxylic acids is 1. The summed E-state index contributed by atoms with van der Waals surface area (Å²) in [6, 6.07) is 7.46. The molecular formula is C20H28N4O4S. The Labute approximate surface area is 175 Å². The van der Waals surface area contributed by atoms with Gasteiger partial charge >= 0.3 is 0 Å². The van der Waals surface area contributed by atoms with Crippen LogP contribution < -0.4 is 30.2 Å². The second kappa shape index (κ2) is 11.8. The number of hydrogen-bond acceptors (Lipinski definition) is 6. The molecule has 3 N–H and O–H groups in total. The molecule has 2 aromatic rings. The third kappa shape index (κ3) is 6.56. The van der Waals surface area contributed by atoms with Gasteiger partial charge in [0, 0.05) is 26.7 Å². The minimum absolute atomic E-state index is 0.0371. The molecule has 0 saturated carbocycles. The maximum absolute atomic E-state index is 11.9. The minimum Gasteiger partial charge on any atom is -0.493 e. The number of methoxy groups -OCH3 is 3. The Bertz CT molecular complexity index is 784. The second-order valence-electron chi connectivity index (χ2n) is 5.97. The Balaban J connectivity index is 1.78. The zero-order chi connectivity index (χ0) is 21.1. The minimum atomic E-state index is -0.0371. The van der Waals surface area contributed by atoms with E-state index in [1.807, 2.05) is 29.6 Å². The SMILES string of the molecule is CN=C(NCCCNC(=O)c1cccs1)NCc1cc(OC)c(OC)c(OC)c1. The predicted octanol–water partition coefficient (Wildman–Crippen LogP) is 2.26. The summed E-state index contributed by atoms with van der Waals surface area (Å²) in [6.45, 7) is 1.80. The molecule has 2 rings (SSSR count).